The number of hydrogen-bond donors (Lipinski definition) is 3. The lowest BCUT2D eigenvalue weighted by Crippen LogP contribution is -2.61. The van der Waals surface area contributed by atoms with Crippen molar-refractivity contribution in [2.45, 2.75) is 91.5 Å². The van der Waals surface area contributed by atoms with Crippen molar-refractivity contribution in [1.82, 2.24) is 26.1 Å². The van der Waals surface area contributed by atoms with Gasteiger partial charge in [-0.15, -0.1) is 0 Å². The molecule has 1 aromatic heterocycles. The molecular weight excluding hydrogens is 510 g/mol. The molecule has 5 bridgehead atoms. The zero-order valence-corrected chi connectivity index (χ0v) is 24.2. The Morgan fingerprint density at radius 2 is 1.70 bits per heavy atom. The first-order valence-electron chi connectivity index (χ1n) is 14.1. The monoisotopic (exact) mass is 551 g/mol. The third-order valence-electron chi connectivity index (χ3n) is 7.77. The van der Waals surface area contributed by atoms with Crippen molar-refractivity contribution in [3.8, 4) is 0 Å². The smallest absolute Gasteiger partial charge is 0.312 e. The Balaban J connectivity index is 1.66. The molecule has 4 rings (SSSR count). The summed E-state index contributed by atoms with van der Waals surface area (Å²) in [5, 5.41) is 8.11. The number of hydrazine groups is 1. The zero-order chi connectivity index (χ0) is 29.2. The molecule has 2 aliphatic rings. The number of aryl methyl sites for hydroxylation is 1. The summed E-state index contributed by atoms with van der Waals surface area (Å²) in [5.41, 5.74) is 4.75. The van der Waals surface area contributed by atoms with Crippen LogP contribution < -0.4 is 16.1 Å². The van der Waals surface area contributed by atoms with E-state index in [1.165, 1.54) is 5.01 Å². The second kappa shape index (κ2) is 11.9. The first kappa shape index (κ1) is 29.5. The number of rotatable bonds is 1. The summed E-state index contributed by atoms with van der Waals surface area (Å²) in [4.78, 5) is 57.6. The Kier molecular flexibility index (Phi) is 8.77. The van der Waals surface area contributed by atoms with E-state index in [1.54, 1.807) is 20.8 Å². The summed E-state index contributed by atoms with van der Waals surface area (Å²) in [6.45, 7) is 11.1. The van der Waals surface area contributed by atoms with Crippen LogP contribution in [0.15, 0.2) is 30.3 Å². The lowest BCUT2D eigenvalue weighted by atomic mass is 9.86. The van der Waals surface area contributed by atoms with Gasteiger partial charge in [-0.3, -0.25) is 29.2 Å². The van der Waals surface area contributed by atoms with Gasteiger partial charge in [-0.05, 0) is 77.0 Å². The second-order valence-corrected chi connectivity index (χ2v) is 12.0. The highest BCUT2D eigenvalue weighted by Crippen LogP contribution is 2.28. The number of carbonyl (C=O) groups excluding carboxylic acids is 4. The van der Waals surface area contributed by atoms with Crippen molar-refractivity contribution in [3.63, 3.8) is 0 Å². The molecule has 4 atom stereocenters. The molecule has 40 heavy (non-hydrogen) atoms. The molecule has 0 aliphatic carbocycles. The Labute approximate surface area is 235 Å². The molecule has 1 saturated heterocycles. The minimum Gasteiger partial charge on any atom is -0.452 e. The minimum absolute atomic E-state index is 0.225. The highest BCUT2D eigenvalue weighted by atomic mass is 16.5. The highest BCUT2D eigenvalue weighted by molar-refractivity contribution is 5.91. The molecule has 216 valence electrons. The van der Waals surface area contributed by atoms with Crippen LogP contribution in [-0.4, -0.2) is 58.4 Å². The van der Waals surface area contributed by atoms with E-state index in [4.69, 9.17) is 9.72 Å². The van der Waals surface area contributed by atoms with Gasteiger partial charge in [0.2, 0.25) is 5.91 Å². The topological polar surface area (TPSA) is 130 Å². The molecule has 3 amide bonds. The maximum atomic E-state index is 13.2. The van der Waals surface area contributed by atoms with Crippen molar-refractivity contribution in [1.29, 1.82) is 0 Å². The molecule has 0 spiro atoms. The van der Waals surface area contributed by atoms with Crippen molar-refractivity contribution in [2.24, 2.45) is 11.3 Å². The Hall–Kier alpha value is -3.53. The van der Waals surface area contributed by atoms with Gasteiger partial charge in [0.25, 0.3) is 11.8 Å². The highest BCUT2D eigenvalue weighted by Gasteiger charge is 2.37. The van der Waals surface area contributed by atoms with Crippen LogP contribution in [0.5, 0.6) is 0 Å². The number of aromatic nitrogens is 1. The van der Waals surface area contributed by atoms with Gasteiger partial charge in [0, 0.05) is 11.9 Å². The zero-order valence-electron chi connectivity index (χ0n) is 24.2. The molecule has 3 N–H and O–H groups in total. The number of benzene rings is 1. The molecular formula is C30H41N5O5. The average molecular weight is 552 g/mol. The van der Waals surface area contributed by atoms with Crippen molar-refractivity contribution >= 4 is 34.6 Å². The number of carbonyl (C=O) groups is 4. The molecule has 1 aromatic carbocycles. The quantitative estimate of drug-likeness (QED) is 0.465. The largest absolute Gasteiger partial charge is 0.452 e. The van der Waals surface area contributed by atoms with E-state index in [0.717, 1.165) is 22.2 Å². The van der Waals surface area contributed by atoms with E-state index in [1.807, 2.05) is 51.1 Å². The third kappa shape index (κ3) is 6.60. The first-order chi connectivity index (χ1) is 18.9. The Morgan fingerprint density at radius 1 is 1.00 bits per heavy atom. The van der Waals surface area contributed by atoms with Crippen molar-refractivity contribution in [3.05, 3.63) is 41.6 Å². The van der Waals surface area contributed by atoms with E-state index in [0.29, 0.717) is 32.2 Å². The molecule has 3 heterocycles. The number of ether oxygens (including phenoxy) is 1. The molecule has 0 radical (unpaired) electrons. The fourth-order valence-corrected chi connectivity index (χ4v) is 5.01. The molecule has 2 aliphatic heterocycles. The maximum Gasteiger partial charge on any atom is 0.312 e. The van der Waals surface area contributed by atoms with E-state index in [9.17, 15) is 19.2 Å². The molecule has 0 unspecified atom stereocenters. The van der Waals surface area contributed by atoms with E-state index < -0.39 is 35.5 Å². The number of amides is 3. The normalized spacial score (nSPS) is 26.8. The van der Waals surface area contributed by atoms with Gasteiger partial charge in [-0.1, -0.05) is 32.0 Å². The number of nitrogens with zero attached hydrogens (tertiary/aromatic N) is 2. The predicted octanol–water partition coefficient (Wildman–Crippen LogP) is 2.95. The fraction of sp³-hybridized carbons (Fsp3) is 0.567. The molecule has 0 saturated carbocycles. The number of hydrogen-bond acceptors (Lipinski definition) is 7. The van der Waals surface area contributed by atoms with E-state index in [-0.39, 0.29) is 23.8 Å². The van der Waals surface area contributed by atoms with Crippen LogP contribution in [0.3, 0.4) is 0 Å². The average Bonchev–Trinajstić information content (AvgIpc) is 2.92. The van der Waals surface area contributed by atoms with E-state index >= 15 is 0 Å². The number of nitrogens with one attached hydrogen (secondary N) is 3. The second-order valence-electron chi connectivity index (χ2n) is 12.0. The summed E-state index contributed by atoms with van der Waals surface area (Å²) in [6, 6.07) is 8.09. The number of pyridine rings is 1. The maximum absolute atomic E-state index is 13.2. The summed E-state index contributed by atoms with van der Waals surface area (Å²) in [6.07, 6.45) is 1.27. The fourth-order valence-electron chi connectivity index (χ4n) is 5.01. The predicted molar refractivity (Wildman–Crippen MR) is 151 cm³/mol. The van der Waals surface area contributed by atoms with Gasteiger partial charge >= 0.3 is 5.97 Å². The number of fused-ring (bicyclic) bond motifs is 4. The van der Waals surface area contributed by atoms with E-state index in [2.05, 4.69) is 16.1 Å². The van der Waals surface area contributed by atoms with Crippen molar-refractivity contribution in [2.75, 3.05) is 6.54 Å². The summed E-state index contributed by atoms with van der Waals surface area (Å²) in [7, 11) is 0. The minimum atomic E-state index is -1.05. The molecule has 10 nitrogen and oxygen atoms in total. The third-order valence-corrected chi connectivity index (χ3v) is 7.77. The van der Waals surface area contributed by atoms with Crippen LogP contribution in [0.2, 0.25) is 0 Å². The number of cyclic esters (lactones) is 1. The van der Waals surface area contributed by atoms with Crippen molar-refractivity contribution < 1.29 is 23.9 Å². The molecule has 10 heteroatoms. The standard InChI is InChI=1S/C30H41N5O5/c1-17(2)25-27(37)32-19(4)28(38)35-15-7-8-23(34-35)26(36)31-18(3)22-12-11-21-10-9-20(16-24(21)33-22)13-14-30(5,6)29(39)40-25/h9-12,16-19,23,25,34H,7-8,13-15H2,1-6H3,(H,31,36)(H,32,37)/t18-,19+,23+,25+/m1/s1. The van der Waals surface area contributed by atoms with Gasteiger partial charge in [0.1, 0.15) is 12.1 Å². The summed E-state index contributed by atoms with van der Waals surface area (Å²) < 4.78 is 5.75. The van der Waals surface area contributed by atoms with Gasteiger partial charge in [-0.25, -0.2) is 5.43 Å². The van der Waals surface area contributed by atoms with Gasteiger partial charge in [0.15, 0.2) is 6.10 Å². The Bertz CT molecular complexity index is 1290. The van der Waals surface area contributed by atoms with Gasteiger partial charge in [-0.2, -0.15) is 0 Å². The van der Waals surface area contributed by atoms with Crippen LogP contribution in [0.4, 0.5) is 0 Å². The molecule has 2 aromatic rings. The molecule has 1 fully saturated rings. The summed E-state index contributed by atoms with van der Waals surface area (Å²) >= 11 is 0. The van der Waals surface area contributed by atoms with Gasteiger partial charge < -0.3 is 15.4 Å². The first-order valence-corrected chi connectivity index (χ1v) is 14.1. The Morgan fingerprint density at radius 3 is 2.42 bits per heavy atom. The lowest BCUT2D eigenvalue weighted by molar-refractivity contribution is -0.167. The van der Waals surface area contributed by atoms with Crippen LogP contribution in [0.1, 0.15) is 78.1 Å². The SMILES string of the molecule is CC(C)[C@@H]1OC(=O)C(C)(C)CCc2ccc3ccc(nc3c2)[C@@H](C)NC(=O)[C@@H]2CCCN(N2)C(=O)[C@H](C)NC1=O. The lowest BCUT2D eigenvalue weighted by Gasteiger charge is -2.35. The summed E-state index contributed by atoms with van der Waals surface area (Å²) in [5.74, 6) is -1.89. The van der Waals surface area contributed by atoms with Crippen LogP contribution in [0, 0.1) is 11.3 Å². The van der Waals surface area contributed by atoms with Gasteiger partial charge in [0.05, 0.1) is 22.7 Å². The van der Waals surface area contributed by atoms with Crippen LogP contribution in [0.25, 0.3) is 10.9 Å². The number of esters is 1. The van der Waals surface area contributed by atoms with Crippen LogP contribution >= 0.6 is 0 Å². The van der Waals surface area contributed by atoms with Crippen LogP contribution in [-0.2, 0) is 30.3 Å².